The van der Waals surface area contributed by atoms with Crippen LogP contribution in [0.15, 0.2) is 18.2 Å². The topological polar surface area (TPSA) is 88.5 Å². The van der Waals surface area contributed by atoms with Crippen LogP contribution in [0, 0.1) is 16.7 Å². The van der Waals surface area contributed by atoms with Gasteiger partial charge in [-0.2, -0.15) is 18.4 Å². The normalized spacial score (nSPS) is 22.1. The van der Waals surface area contributed by atoms with E-state index < -0.39 is 23.3 Å². The third-order valence-corrected chi connectivity index (χ3v) is 7.03. The Balaban J connectivity index is 1.49. The van der Waals surface area contributed by atoms with Gasteiger partial charge in [0.05, 0.1) is 17.2 Å². The number of nitrogens with zero attached hydrogens (tertiary/aromatic N) is 3. The van der Waals surface area contributed by atoms with Crippen molar-refractivity contribution in [1.29, 1.82) is 5.26 Å². The lowest BCUT2D eigenvalue weighted by Gasteiger charge is -2.40. The molecular weight excluding hydrogens is 447 g/mol. The van der Waals surface area contributed by atoms with Crippen LogP contribution >= 0.6 is 0 Å². The fourth-order valence-electron chi connectivity index (χ4n) is 5.02. The molecule has 0 radical (unpaired) electrons. The first-order chi connectivity index (χ1) is 16.0. The Labute approximate surface area is 197 Å². The van der Waals surface area contributed by atoms with E-state index in [9.17, 15) is 22.8 Å². The molecule has 34 heavy (non-hydrogen) atoms. The van der Waals surface area contributed by atoms with Gasteiger partial charge in [-0.15, -0.1) is 0 Å². The number of alkyl halides is 3. The average Bonchev–Trinajstić information content (AvgIpc) is 3.51. The average molecular weight is 478 g/mol. The molecule has 2 saturated heterocycles. The van der Waals surface area contributed by atoms with Crippen molar-refractivity contribution >= 4 is 17.6 Å². The quantitative estimate of drug-likeness (QED) is 0.693. The molecule has 1 aromatic rings. The number of halogens is 3. The van der Waals surface area contributed by atoms with Gasteiger partial charge >= 0.3 is 12.2 Å². The maximum Gasteiger partial charge on any atom is 0.417 e. The van der Waals surface area contributed by atoms with Crippen LogP contribution in [0.1, 0.15) is 57.1 Å². The summed E-state index contributed by atoms with van der Waals surface area (Å²) >= 11 is 0. The summed E-state index contributed by atoms with van der Waals surface area (Å²) in [5.74, 6) is -0.123. The first-order valence-electron chi connectivity index (χ1n) is 11.8. The van der Waals surface area contributed by atoms with Crippen LogP contribution in [0.4, 0.5) is 23.7 Å². The highest BCUT2D eigenvalue weighted by atomic mass is 19.4. The Morgan fingerprint density at radius 2 is 1.88 bits per heavy atom. The zero-order valence-corrected chi connectivity index (χ0v) is 19.4. The minimum absolute atomic E-state index is 0.0581. The number of urea groups is 1. The lowest BCUT2D eigenvalue weighted by Crippen LogP contribution is -2.51. The third-order valence-electron chi connectivity index (χ3n) is 7.03. The van der Waals surface area contributed by atoms with Crippen molar-refractivity contribution in [3.8, 4) is 6.07 Å². The van der Waals surface area contributed by atoms with E-state index in [4.69, 9.17) is 5.26 Å². The maximum absolute atomic E-state index is 13.4. The van der Waals surface area contributed by atoms with Gasteiger partial charge in [0.2, 0.25) is 5.91 Å². The lowest BCUT2D eigenvalue weighted by atomic mass is 9.76. The summed E-state index contributed by atoms with van der Waals surface area (Å²) < 4.78 is 40.2. The largest absolute Gasteiger partial charge is 0.417 e. The fourth-order valence-corrected chi connectivity index (χ4v) is 5.02. The minimum Gasteiger partial charge on any atom is -0.371 e. The first-order valence-corrected chi connectivity index (χ1v) is 11.8. The fraction of sp³-hybridized carbons (Fsp3) is 0.625. The molecule has 1 saturated carbocycles. The minimum atomic E-state index is -4.60. The van der Waals surface area contributed by atoms with E-state index in [1.54, 1.807) is 17.0 Å². The van der Waals surface area contributed by atoms with Crippen LogP contribution in [0.3, 0.4) is 0 Å². The Morgan fingerprint density at radius 3 is 2.44 bits per heavy atom. The number of hydrogen-bond acceptors (Lipinski definition) is 4. The van der Waals surface area contributed by atoms with Gasteiger partial charge in [0.15, 0.2) is 0 Å². The van der Waals surface area contributed by atoms with Gasteiger partial charge in [0.25, 0.3) is 0 Å². The standard InChI is InChI=1S/C24H30F3N5O2/c1-15(2)29-22(34)32-14-23(12-20(32)21(33)30-17-4-5-17)7-9-31(10-8-23)18-6-3-16(13-28)19(11-18)24(25,26)27/h3,6,11,15,17,20H,4-5,7-10,12,14H2,1-2H3,(H,29,34)(H,30,33). The van der Waals surface area contributed by atoms with Gasteiger partial charge in [-0.1, -0.05) is 0 Å². The lowest BCUT2D eigenvalue weighted by molar-refractivity contribution is -0.137. The van der Waals surface area contributed by atoms with Crippen LogP contribution in [0.2, 0.25) is 0 Å². The Morgan fingerprint density at radius 1 is 1.21 bits per heavy atom. The number of nitrogens with one attached hydrogen (secondary N) is 2. The molecule has 1 spiro atoms. The van der Waals surface area contributed by atoms with Gasteiger partial charge in [-0.3, -0.25) is 4.79 Å². The van der Waals surface area contributed by atoms with Gasteiger partial charge in [-0.05, 0) is 69.6 Å². The van der Waals surface area contributed by atoms with Gasteiger partial charge < -0.3 is 20.4 Å². The second-order valence-corrected chi connectivity index (χ2v) is 10.1. The van der Waals surface area contributed by atoms with Crippen LogP contribution in [-0.2, 0) is 11.0 Å². The molecule has 2 heterocycles. The number of piperidine rings is 1. The van der Waals surface area contributed by atoms with E-state index in [1.165, 1.54) is 6.07 Å². The van der Waals surface area contributed by atoms with Crippen LogP contribution in [-0.4, -0.2) is 54.6 Å². The number of likely N-dealkylation sites (tertiary alicyclic amines) is 1. The summed E-state index contributed by atoms with van der Waals surface area (Å²) in [6.45, 7) is 5.21. The molecule has 1 atom stereocenters. The number of carbonyl (C=O) groups excluding carboxylic acids is 2. The Kier molecular flexibility index (Phi) is 6.40. The van der Waals surface area contributed by atoms with Crippen LogP contribution in [0.25, 0.3) is 0 Å². The molecule has 0 aromatic heterocycles. The van der Waals surface area contributed by atoms with Gasteiger partial charge in [-0.25, -0.2) is 4.79 Å². The molecule has 7 nitrogen and oxygen atoms in total. The van der Waals surface area contributed by atoms with Crippen molar-refractivity contribution in [3.05, 3.63) is 29.3 Å². The molecule has 0 bridgehead atoms. The van der Waals surface area contributed by atoms with Gasteiger partial charge in [0.1, 0.15) is 6.04 Å². The molecule has 2 N–H and O–H groups in total. The van der Waals surface area contributed by atoms with E-state index >= 15 is 0 Å². The number of carbonyl (C=O) groups is 2. The molecule has 2 aliphatic heterocycles. The summed E-state index contributed by atoms with van der Waals surface area (Å²) in [5.41, 5.74) is -1.15. The third kappa shape index (κ3) is 5.08. The molecule has 4 rings (SSSR count). The van der Waals surface area contributed by atoms with Crippen molar-refractivity contribution in [3.63, 3.8) is 0 Å². The summed E-state index contributed by atoms with van der Waals surface area (Å²) in [5, 5.41) is 14.9. The van der Waals surface area contributed by atoms with E-state index in [0.29, 0.717) is 44.6 Å². The monoisotopic (exact) mass is 477 g/mol. The van der Waals surface area contributed by atoms with E-state index in [0.717, 1.165) is 18.9 Å². The number of amides is 3. The number of anilines is 1. The highest BCUT2D eigenvalue weighted by Gasteiger charge is 2.50. The molecule has 3 aliphatic rings. The number of hydrogen-bond donors (Lipinski definition) is 2. The van der Waals surface area contributed by atoms with Crippen molar-refractivity contribution < 1.29 is 22.8 Å². The summed E-state index contributed by atoms with van der Waals surface area (Å²) in [6, 6.07) is 4.76. The predicted molar refractivity (Wildman–Crippen MR) is 120 cm³/mol. The van der Waals surface area contributed by atoms with Crippen molar-refractivity contribution in [2.75, 3.05) is 24.5 Å². The molecule has 3 fully saturated rings. The maximum atomic E-state index is 13.4. The molecule has 1 aromatic carbocycles. The Bertz CT molecular complexity index is 965. The molecule has 10 heteroatoms. The molecule has 1 unspecified atom stereocenters. The summed E-state index contributed by atoms with van der Waals surface area (Å²) in [6.07, 6.45) is -0.815. The van der Waals surface area contributed by atoms with Gasteiger partial charge in [0, 0.05) is 37.4 Å². The molecular formula is C24H30F3N5O2. The van der Waals surface area contributed by atoms with Crippen molar-refractivity contribution in [1.82, 2.24) is 15.5 Å². The second-order valence-electron chi connectivity index (χ2n) is 10.1. The molecule has 184 valence electrons. The highest BCUT2D eigenvalue weighted by molar-refractivity contribution is 5.88. The summed E-state index contributed by atoms with van der Waals surface area (Å²) in [4.78, 5) is 29.3. The smallest absolute Gasteiger partial charge is 0.371 e. The second kappa shape index (κ2) is 9.01. The zero-order valence-electron chi connectivity index (χ0n) is 19.4. The van der Waals surface area contributed by atoms with Crippen molar-refractivity contribution in [2.45, 2.75) is 70.3 Å². The van der Waals surface area contributed by atoms with Crippen LogP contribution < -0.4 is 15.5 Å². The zero-order chi connectivity index (χ0) is 24.7. The van der Waals surface area contributed by atoms with Crippen molar-refractivity contribution in [2.24, 2.45) is 5.41 Å². The van der Waals surface area contributed by atoms with E-state index in [1.807, 2.05) is 18.7 Å². The SMILES string of the molecule is CC(C)NC(=O)N1CC2(CCN(c3ccc(C#N)c(C(F)(F)F)c3)CC2)CC1C(=O)NC1CC1. The number of nitriles is 1. The number of benzene rings is 1. The van der Waals surface area contributed by atoms with E-state index in [-0.39, 0.29) is 29.4 Å². The first kappa shape index (κ1) is 24.2. The number of rotatable bonds is 4. The molecule has 3 amide bonds. The predicted octanol–water partition coefficient (Wildman–Crippen LogP) is 3.63. The summed E-state index contributed by atoms with van der Waals surface area (Å²) in [7, 11) is 0. The highest BCUT2D eigenvalue weighted by Crippen LogP contribution is 2.45. The Hall–Kier alpha value is -2.96. The van der Waals surface area contributed by atoms with Crippen LogP contribution in [0.5, 0.6) is 0 Å². The molecule has 1 aliphatic carbocycles. The van der Waals surface area contributed by atoms with E-state index in [2.05, 4.69) is 10.6 Å².